The molecule has 1 amide bonds. The fourth-order valence-corrected chi connectivity index (χ4v) is 2.99. The Labute approximate surface area is 112 Å². The molecule has 0 spiro atoms. The molecule has 1 saturated heterocycles. The molecule has 1 aromatic heterocycles. The number of hydrogen-bond acceptors (Lipinski definition) is 2. The maximum atomic E-state index is 11.8. The Kier molecular flexibility index (Phi) is 3.42. The van der Waals surface area contributed by atoms with Gasteiger partial charge in [-0.3, -0.25) is 4.79 Å². The molecule has 16 heavy (non-hydrogen) atoms. The van der Waals surface area contributed by atoms with Crippen LogP contribution in [0.4, 0.5) is 5.69 Å². The standard InChI is InChI=1S/C10H9BrCl2N2O/c1-5-2-7(12)14-10(13)9(5)15-4-6(11)3-8(15)16/h2,6H,3-4H2,1H3. The number of nitrogens with zero attached hydrogens (tertiary/aromatic N) is 2. The van der Waals surface area contributed by atoms with Gasteiger partial charge in [-0.25, -0.2) is 4.98 Å². The summed E-state index contributed by atoms with van der Waals surface area (Å²) < 4.78 is 0. The van der Waals surface area contributed by atoms with E-state index < -0.39 is 0 Å². The maximum Gasteiger partial charge on any atom is 0.228 e. The second-order valence-electron chi connectivity index (χ2n) is 3.71. The molecule has 0 aliphatic carbocycles. The second-order valence-corrected chi connectivity index (χ2v) is 5.75. The van der Waals surface area contributed by atoms with Crippen molar-refractivity contribution >= 4 is 50.7 Å². The SMILES string of the molecule is Cc1cc(Cl)nc(Cl)c1N1CC(Br)CC1=O. The van der Waals surface area contributed by atoms with E-state index in [2.05, 4.69) is 20.9 Å². The molecule has 1 fully saturated rings. The Balaban J connectivity index is 2.44. The summed E-state index contributed by atoms with van der Waals surface area (Å²) in [4.78, 5) is 17.5. The van der Waals surface area contributed by atoms with Crippen molar-refractivity contribution in [3.8, 4) is 0 Å². The van der Waals surface area contributed by atoms with Crippen molar-refractivity contribution in [2.75, 3.05) is 11.4 Å². The molecule has 0 radical (unpaired) electrons. The lowest BCUT2D eigenvalue weighted by molar-refractivity contribution is -0.117. The van der Waals surface area contributed by atoms with Crippen LogP contribution in [0.5, 0.6) is 0 Å². The van der Waals surface area contributed by atoms with Crippen LogP contribution in [0.3, 0.4) is 0 Å². The van der Waals surface area contributed by atoms with E-state index in [1.165, 1.54) is 0 Å². The number of anilines is 1. The number of halogens is 3. The van der Waals surface area contributed by atoms with Gasteiger partial charge in [0.05, 0.1) is 5.69 Å². The van der Waals surface area contributed by atoms with Crippen LogP contribution in [0.25, 0.3) is 0 Å². The van der Waals surface area contributed by atoms with Gasteiger partial charge < -0.3 is 4.90 Å². The zero-order valence-corrected chi connectivity index (χ0v) is 11.6. The number of aryl methyl sites for hydroxylation is 1. The minimum atomic E-state index is 0.0518. The Bertz CT molecular complexity index is 429. The van der Waals surface area contributed by atoms with Gasteiger partial charge in [0.1, 0.15) is 5.15 Å². The van der Waals surface area contributed by atoms with E-state index in [0.29, 0.717) is 23.8 Å². The highest BCUT2D eigenvalue weighted by Gasteiger charge is 2.31. The normalized spacial score (nSPS) is 20.6. The predicted molar refractivity (Wildman–Crippen MR) is 68.7 cm³/mol. The van der Waals surface area contributed by atoms with Gasteiger partial charge in [0.25, 0.3) is 0 Å². The largest absolute Gasteiger partial charge is 0.308 e. The molecule has 86 valence electrons. The van der Waals surface area contributed by atoms with Gasteiger partial charge in [-0.15, -0.1) is 0 Å². The van der Waals surface area contributed by atoms with Crippen LogP contribution < -0.4 is 4.90 Å². The first-order chi connectivity index (χ1) is 7.49. The highest BCUT2D eigenvalue weighted by atomic mass is 79.9. The van der Waals surface area contributed by atoms with Gasteiger partial charge in [0, 0.05) is 17.8 Å². The number of carbonyl (C=O) groups excluding carboxylic acids is 1. The predicted octanol–water partition coefficient (Wildman–Crippen LogP) is 3.20. The number of amides is 1. The van der Waals surface area contributed by atoms with Crippen LogP contribution in [-0.2, 0) is 4.79 Å². The summed E-state index contributed by atoms with van der Waals surface area (Å²) in [7, 11) is 0. The molecular weight excluding hydrogens is 315 g/mol. The van der Waals surface area contributed by atoms with Crippen LogP contribution >= 0.6 is 39.1 Å². The summed E-state index contributed by atoms with van der Waals surface area (Å²) in [5.74, 6) is 0.0518. The van der Waals surface area contributed by atoms with E-state index in [0.717, 1.165) is 5.56 Å². The molecule has 1 aromatic rings. The third-order valence-corrected chi connectivity index (χ3v) is 3.53. The summed E-state index contributed by atoms with van der Waals surface area (Å²) in [6.45, 7) is 2.48. The van der Waals surface area contributed by atoms with Crippen LogP contribution in [0, 0.1) is 6.92 Å². The van der Waals surface area contributed by atoms with Gasteiger partial charge >= 0.3 is 0 Å². The van der Waals surface area contributed by atoms with E-state index in [1.54, 1.807) is 11.0 Å². The van der Waals surface area contributed by atoms with Crippen molar-refractivity contribution in [2.45, 2.75) is 18.2 Å². The van der Waals surface area contributed by atoms with Crippen molar-refractivity contribution in [3.63, 3.8) is 0 Å². The van der Waals surface area contributed by atoms with Crippen molar-refractivity contribution in [2.24, 2.45) is 0 Å². The first-order valence-corrected chi connectivity index (χ1v) is 6.43. The lowest BCUT2D eigenvalue weighted by Crippen LogP contribution is -2.26. The van der Waals surface area contributed by atoms with E-state index in [1.807, 2.05) is 6.92 Å². The Morgan fingerprint density at radius 1 is 1.56 bits per heavy atom. The van der Waals surface area contributed by atoms with E-state index >= 15 is 0 Å². The first-order valence-electron chi connectivity index (χ1n) is 4.76. The molecule has 1 aliphatic rings. The molecule has 0 bridgehead atoms. The summed E-state index contributed by atoms with van der Waals surface area (Å²) in [6, 6.07) is 1.71. The summed E-state index contributed by atoms with van der Waals surface area (Å²) in [6.07, 6.45) is 0.485. The number of aromatic nitrogens is 1. The van der Waals surface area contributed by atoms with Crippen LogP contribution in [-0.4, -0.2) is 22.3 Å². The van der Waals surface area contributed by atoms with E-state index in [4.69, 9.17) is 23.2 Å². The molecule has 2 rings (SSSR count). The second kappa shape index (κ2) is 4.51. The Morgan fingerprint density at radius 2 is 2.25 bits per heavy atom. The first kappa shape index (κ1) is 12.1. The topological polar surface area (TPSA) is 33.2 Å². The van der Waals surface area contributed by atoms with Crippen LogP contribution in [0.15, 0.2) is 6.07 Å². The van der Waals surface area contributed by atoms with Crippen LogP contribution in [0.1, 0.15) is 12.0 Å². The summed E-state index contributed by atoms with van der Waals surface area (Å²) in [5, 5.41) is 0.619. The molecule has 3 nitrogen and oxygen atoms in total. The molecule has 1 aliphatic heterocycles. The van der Waals surface area contributed by atoms with E-state index in [9.17, 15) is 4.79 Å². The zero-order chi connectivity index (χ0) is 11.9. The average Bonchev–Trinajstić information content (AvgIpc) is 2.43. The quantitative estimate of drug-likeness (QED) is 0.587. The molecular formula is C10H9BrCl2N2O. The van der Waals surface area contributed by atoms with Crippen molar-refractivity contribution in [1.82, 2.24) is 4.98 Å². The molecule has 0 N–H and O–H groups in total. The van der Waals surface area contributed by atoms with Crippen molar-refractivity contribution in [3.05, 3.63) is 21.9 Å². The molecule has 0 aromatic carbocycles. The minimum absolute atomic E-state index is 0.0518. The third kappa shape index (κ3) is 2.19. The molecule has 6 heteroatoms. The third-order valence-electron chi connectivity index (χ3n) is 2.46. The lowest BCUT2D eigenvalue weighted by Gasteiger charge is -2.19. The number of carbonyl (C=O) groups is 1. The fraction of sp³-hybridized carbons (Fsp3) is 0.400. The molecule has 1 unspecified atom stereocenters. The van der Waals surface area contributed by atoms with E-state index in [-0.39, 0.29) is 15.9 Å². The molecule has 2 heterocycles. The van der Waals surface area contributed by atoms with Crippen molar-refractivity contribution in [1.29, 1.82) is 0 Å². The summed E-state index contributed by atoms with van der Waals surface area (Å²) in [5.41, 5.74) is 1.53. The average molecular weight is 324 g/mol. The van der Waals surface area contributed by atoms with Crippen LogP contribution in [0.2, 0.25) is 10.3 Å². The Morgan fingerprint density at radius 3 is 2.75 bits per heavy atom. The summed E-state index contributed by atoms with van der Waals surface area (Å²) >= 11 is 15.2. The number of rotatable bonds is 1. The van der Waals surface area contributed by atoms with Crippen molar-refractivity contribution < 1.29 is 4.79 Å². The number of hydrogen-bond donors (Lipinski definition) is 0. The van der Waals surface area contributed by atoms with Gasteiger partial charge in [-0.1, -0.05) is 39.1 Å². The fourth-order valence-electron chi connectivity index (χ4n) is 1.79. The molecule has 1 atom stereocenters. The maximum absolute atomic E-state index is 11.8. The van der Waals surface area contributed by atoms with Gasteiger partial charge in [0.2, 0.25) is 5.91 Å². The zero-order valence-electron chi connectivity index (χ0n) is 8.51. The molecule has 0 saturated carbocycles. The highest BCUT2D eigenvalue weighted by Crippen LogP contribution is 2.34. The monoisotopic (exact) mass is 322 g/mol. The highest BCUT2D eigenvalue weighted by molar-refractivity contribution is 9.09. The van der Waals surface area contributed by atoms with Gasteiger partial charge in [-0.2, -0.15) is 0 Å². The van der Waals surface area contributed by atoms with Gasteiger partial charge in [-0.05, 0) is 18.6 Å². The number of pyridine rings is 1. The number of alkyl halides is 1. The Hall–Kier alpha value is -0.320. The smallest absolute Gasteiger partial charge is 0.228 e. The minimum Gasteiger partial charge on any atom is -0.308 e. The van der Waals surface area contributed by atoms with Gasteiger partial charge in [0.15, 0.2) is 5.15 Å². The lowest BCUT2D eigenvalue weighted by atomic mass is 10.2.